The molecule has 3 heterocycles. The third kappa shape index (κ3) is 1.72. The summed E-state index contributed by atoms with van der Waals surface area (Å²) in [6, 6.07) is 7.06. The Morgan fingerprint density at radius 2 is 2.22 bits per heavy atom. The Morgan fingerprint density at radius 3 is 2.94 bits per heavy atom. The Balaban J connectivity index is 2.30. The first-order valence-electron chi connectivity index (χ1n) is 5.70. The van der Waals surface area contributed by atoms with Gasteiger partial charge in [-0.2, -0.15) is 0 Å². The van der Waals surface area contributed by atoms with Crippen LogP contribution in [-0.2, 0) is 6.42 Å². The average molecular weight is 261 g/mol. The molecular weight excluding hydrogens is 249 g/mol. The second-order valence-electron chi connectivity index (χ2n) is 3.97. The van der Waals surface area contributed by atoms with Crippen LogP contribution in [0.2, 0.25) is 0 Å². The second kappa shape index (κ2) is 4.51. The van der Waals surface area contributed by atoms with E-state index in [2.05, 4.69) is 4.98 Å². The molecule has 0 saturated heterocycles. The number of halogens is 1. The van der Waals surface area contributed by atoms with Gasteiger partial charge < -0.3 is 10.1 Å². The van der Waals surface area contributed by atoms with Gasteiger partial charge in [-0.3, -0.25) is 0 Å². The lowest BCUT2D eigenvalue weighted by atomic mass is 10.2. The molecule has 92 valence electrons. The number of nitrogens with two attached hydrogens (primary N) is 1. The Hall–Kier alpha value is -1.72. The van der Waals surface area contributed by atoms with Gasteiger partial charge in [-0.1, -0.05) is 6.07 Å². The summed E-state index contributed by atoms with van der Waals surface area (Å²) in [6.07, 6.45) is 2.51. The maximum absolute atomic E-state index is 13.8. The van der Waals surface area contributed by atoms with Gasteiger partial charge in [-0.05, 0) is 30.1 Å². The highest BCUT2D eigenvalue weighted by molar-refractivity contribution is 7.13. The van der Waals surface area contributed by atoms with E-state index in [0.29, 0.717) is 18.6 Å². The minimum atomic E-state index is -0.307. The zero-order valence-corrected chi connectivity index (χ0v) is 10.5. The molecule has 0 aromatic carbocycles. The van der Waals surface area contributed by atoms with Gasteiger partial charge in [-0.25, -0.2) is 9.37 Å². The topological polar surface area (TPSA) is 43.3 Å². The number of aromatic nitrogens is 2. The molecule has 0 aliphatic heterocycles. The molecule has 3 rings (SSSR count). The first kappa shape index (κ1) is 11.4. The Kier molecular flexibility index (Phi) is 2.85. The van der Waals surface area contributed by atoms with Crippen molar-refractivity contribution in [1.29, 1.82) is 0 Å². The van der Waals surface area contributed by atoms with Crippen molar-refractivity contribution in [2.24, 2.45) is 5.73 Å². The first-order valence-corrected chi connectivity index (χ1v) is 6.58. The second-order valence-corrected chi connectivity index (χ2v) is 4.92. The van der Waals surface area contributed by atoms with Crippen LogP contribution in [0.4, 0.5) is 4.39 Å². The zero-order valence-electron chi connectivity index (χ0n) is 9.64. The molecule has 3 aromatic rings. The predicted molar refractivity (Wildman–Crippen MR) is 71.2 cm³/mol. The van der Waals surface area contributed by atoms with E-state index in [-0.39, 0.29) is 5.82 Å². The van der Waals surface area contributed by atoms with Crippen LogP contribution in [0.1, 0.15) is 5.69 Å². The summed E-state index contributed by atoms with van der Waals surface area (Å²) >= 11 is 1.60. The number of pyridine rings is 1. The maximum Gasteiger partial charge on any atom is 0.174 e. The molecule has 0 saturated carbocycles. The van der Waals surface area contributed by atoms with E-state index in [0.717, 1.165) is 16.3 Å². The van der Waals surface area contributed by atoms with Gasteiger partial charge in [0.05, 0.1) is 10.6 Å². The van der Waals surface area contributed by atoms with Crippen molar-refractivity contribution in [2.75, 3.05) is 6.54 Å². The van der Waals surface area contributed by atoms with E-state index < -0.39 is 0 Å². The van der Waals surface area contributed by atoms with Crippen molar-refractivity contribution in [3.63, 3.8) is 0 Å². The van der Waals surface area contributed by atoms with E-state index in [1.54, 1.807) is 21.8 Å². The first-order chi connectivity index (χ1) is 8.81. The SMILES string of the molecule is NCCc1c(-c2cccs2)nc2c(F)cccn12. The van der Waals surface area contributed by atoms with Crippen LogP contribution in [0.3, 0.4) is 0 Å². The van der Waals surface area contributed by atoms with E-state index in [1.807, 2.05) is 23.7 Å². The summed E-state index contributed by atoms with van der Waals surface area (Å²) in [5.74, 6) is -0.307. The molecule has 0 aliphatic carbocycles. The highest BCUT2D eigenvalue weighted by Crippen LogP contribution is 2.29. The van der Waals surface area contributed by atoms with Gasteiger partial charge in [0.1, 0.15) is 5.69 Å². The number of fused-ring (bicyclic) bond motifs is 1. The monoisotopic (exact) mass is 261 g/mol. The summed E-state index contributed by atoms with van der Waals surface area (Å²) in [5, 5.41) is 1.99. The third-order valence-corrected chi connectivity index (χ3v) is 3.71. The average Bonchev–Trinajstić information content (AvgIpc) is 2.98. The molecule has 0 aliphatic rings. The van der Waals surface area contributed by atoms with Gasteiger partial charge in [0.2, 0.25) is 0 Å². The summed E-state index contributed by atoms with van der Waals surface area (Å²) in [6.45, 7) is 0.517. The Bertz CT molecular complexity index is 673. The predicted octanol–water partition coefficient (Wildman–Crippen LogP) is 2.70. The number of hydrogen-bond donors (Lipinski definition) is 1. The van der Waals surface area contributed by atoms with Crippen LogP contribution in [0.5, 0.6) is 0 Å². The fourth-order valence-electron chi connectivity index (χ4n) is 2.07. The van der Waals surface area contributed by atoms with Crippen LogP contribution >= 0.6 is 11.3 Å². The van der Waals surface area contributed by atoms with Gasteiger partial charge in [-0.15, -0.1) is 11.3 Å². The lowest BCUT2D eigenvalue weighted by Crippen LogP contribution is -2.06. The van der Waals surface area contributed by atoms with Crippen LogP contribution in [0, 0.1) is 5.82 Å². The molecule has 0 spiro atoms. The van der Waals surface area contributed by atoms with Gasteiger partial charge in [0.25, 0.3) is 0 Å². The van der Waals surface area contributed by atoms with Gasteiger partial charge in [0, 0.05) is 12.6 Å². The van der Waals surface area contributed by atoms with Crippen molar-refractivity contribution in [1.82, 2.24) is 9.38 Å². The maximum atomic E-state index is 13.8. The molecule has 3 aromatic heterocycles. The van der Waals surface area contributed by atoms with Crippen LogP contribution in [0.25, 0.3) is 16.2 Å². The normalized spacial score (nSPS) is 11.2. The fourth-order valence-corrected chi connectivity index (χ4v) is 2.81. The zero-order chi connectivity index (χ0) is 12.5. The molecule has 0 unspecified atom stereocenters. The number of hydrogen-bond acceptors (Lipinski definition) is 3. The Morgan fingerprint density at radius 1 is 1.33 bits per heavy atom. The van der Waals surface area contributed by atoms with Crippen molar-refractivity contribution in [3.05, 3.63) is 47.4 Å². The molecule has 0 radical (unpaired) electrons. The van der Waals surface area contributed by atoms with Crippen molar-refractivity contribution < 1.29 is 4.39 Å². The van der Waals surface area contributed by atoms with E-state index in [1.165, 1.54) is 6.07 Å². The van der Waals surface area contributed by atoms with Crippen LogP contribution in [0.15, 0.2) is 35.8 Å². The summed E-state index contributed by atoms with van der Waals surface area (Å²) in [5.41, 5.74) is 7.81. The Labute approximate surface area is 108 Å². The van der Waals surface area contributed by atoms with Gasteiger partial charge in [0.15, 0.2) is 11.5 Å². The third-order valence-electron chi connectivity index (χ3n) is 2.84. The fraction of sp³-hybridized carbons (Fsp3) is 0.154. The molecule has 2 N–H and O–H groups in total. The molecule has 0 atom stereocenters. The molecule has 3 nitrogen and oxygen atoms in total. The molecule has 0 fully saturated rings. The van der Waals surface area contributed by atoms with E-state index >= 15 is 0 Å². The number of thiophene rings is 1. The largest absolute Gasteiger partial charge is 0.330 e. The standard InChI is InChI=1S/C13H12FN3S/c14-9-3-1-7-17-10(5-6-15)12(16-13(9)17)11-4-2-8-18-11/h1-4,7-8H,5-6,15H2. The summed E-state index contributed by atoms with van der Waals surface area (Å²) in [4.78, 5) is 5.46. The molecule has 0 amide bonds. The van der Waals surface area contributed by atoms with Crippen molar-refractivity contribution >= 4 is 17.0 Å². The van der Waals surface area contributed by atoms with E-state index in [9.17, 15) is 4.39 Å². The van der Waals surface area contributed by atoms with Crippen LogP contribution in [-0.4, -0.2) is 15.9 Å². The molecular formula is C13H12FN3S. The van der Waals surface area contributed by atoms with Gasteiger partial charge >= 0.3 is 0 Å². The molecule has 0 bridgehead atoms. The lowest BCUT2D eigenvalue weighted by Gasteiger charge is -2.01. The highest BCUT2D eigenvalue weighted by Gasteiger charge is 2.15. The number of nitrogens with zero attached hydrogens (tertiary/aromatic N) is 2. The van der Waals surface area contributed by atoms with Crippen molar-refractivity contribution in [3.8, 4) is 10.6 Å². The smallest absolute Gasteiger partial charge is 0.174 e. The van der Waals surface area contributed by atoms with Crippen LogP contribution < -0.4 is 5.73 Å². The minimum absolute atomic E-state index is 0.307. The quantitative estimate of drug-likeness (QED) is 0.787. The highest BCUT2D eigenvalue weighted by atomic mass is 32.1. The summed E-state index contributed by atoms with van der Waals surface area (Å²) < 4.78 is 15.5. The van der Waals surface area contributed by atoms with E-state index in [4.69, 9.17) is 5.73 Å². The minimum Gasteiger partial charge on any atom is -0.330 e. The number of imidazole rings is 1. The summed E-state index contributed by atoms with van der Waals surface area (Å²) in [7, 11) is 0. The molecule has 18 heavy (non-hydrogen) atoms. The number of rotatable bonds is 3. The van der Waals surface area contributed by atoms with Crippen molar-refractivity contribution in [2.45, 2.75) is 6.42 Å². The molecule has 5 heteroatoms. The lowest BCUT2D eigenvalue weighted by molar-refractivity contribution is 0.629.